The molecule has 0 radical (unpaired) electrons. The fourth-order valence-electron chi connectivity index (χ4n) is 2.62. The molecule has 2 rings (SSSR count). The number of aryl methyl sites for hydroxylation is 1. The molecule has 0 fully saturated rings. The Labute approximate surface area is 177 Å². The Morgan fingerprint density at radius 2 is 2.03 bits per heavy atom. The van der Waals surface area contributed by atoms with Gasteiger partial charge in [0.15, 0.2) is 0 Å². The van der Waals surface area contributed by atoms with E-state index >= 15 is 0 Å². The molecule has 0 bridgehead atoms. The number of unbranched alkanes of at least 4 members (excludes halogenated alkanes) is 1. The Kier molecular flexibility index (Phi) is 10.6. The number of aromatic nitrogens is 2. The number of carbonyl (C=O) groups is 1. The van der Waals surface area contributed by atoms with Crippen molar-refractivity contribution < 1.29 is 14.3 Å². The molecule has 160 valence electrons. The molecule has 0 saturated carbocycles. The van der Waals surface area contributed by atoms with Gasteiger partial charge in [0.1, 0.15) is 17.4 Å². The van der Waals surface area contributed by atoms with Crippen LogP contribution < -0.4 is 10.1 Å². The van der Waals surface area contributed by atoms with Gasteiger partial charge in [-0.25, -0.2) is 0 Å². The van der Waals surface area contributed by atoms with E-state index in [1.165, 1.54) is 11.3 Å². The van der Waals surface area contributed by atoms with Crippen LogP contribution in [0.5, 0.6) is 5.75 Å². The zero-order valence-corrected chi connectivity index (χ0v) is 18.5. The predicted octanol–water partition coefficient (Wildman–Crippen LogP) is 3.41. The summed E-state index contributed by atoms with van der Waals surface area (Å²) in [4.78, 5) is 14.5. The largest absolute Gasteiger partial charge is 0.492 e. The average molecular weight is 421 g/mol. The summed E-state index contributed by atoms with van der Waals surface area (Å²) in [6.45, 7) is 7.88. The molecule has 1 heterocycles. The number of amides is 1. The number of benzene rings is 1. The van der Waals surface area contributed by atoms with Crippen molar-refractivity contribution >= 4 is 22.4 Å². The van der Waals surface area contributed by atoms with Crippen LogP contribution in [-0.4, -0.2) is 61.0 Å². The highest BCUT2D eigenvalue weighted by Gasteiger charge is 2.09. The van der Waals surface area contributed by atoms with Crippen molar-refractivity contribution in [1.29, 1.82) is 0 Å². The minimum atomic E-state index is -0.101. The first kappa shape index (κ1) is 23.3. The lowest BCUT2D eigenvalue weighted by Gasteiger charge is -2.16. The molecule has 1 amide bonds. The molecular weight excluding hydrogens is 388 g/mol. The van der Waals surface area contributed by atoms with E-state index in [1.807, 2.05) is 38.2 Å². The summed E-state index contributed by atoms with van der Waals surface area (Å²) in [5.41, 5.74) is 0.903. The summed E-state index contributed by atoms with van der Waals surface area (Å²) < 4.78 is 11.2. The summed E-state index contributed by atoms with van der Waals surface area (Å²) in [6, 6.07) is 7.65. The van der Waals surface area contributed by atoms with Crippen molar-refractivity contribution in [3.8, 4) is 5.75 Å². The normalized spacial score (nSPS) is 11.0. The minimum Gasteiger partial charge on any atom is -0.492 e. The molecule has 0 aliphatic rings. The number of hydrogen-bond donors (Lipinski definition) is 1. The van der Waals surface area contributed by atoms with E-state index in [1.54, 1.807) is 0 Å². The van der Waals surface area contributed by atoms with E-state index in [9.17, 15) is 4.79 Å². The Morgan fingerprint density at radius 3 is 2.83 bits per heavy atom. The molecule has 0 unspecified atom stereocenters. The number of likely N-dealkylation sites (N-methyl/N-ethyl adjacent to an activating group) is 1. The van der Waals surface area contributed by atoms with Crippen LogP contribution in [0, 0.1) is 0 Å². The zero-order valence-electron chi connectivity index (χ0n) is 17.6. The molecule has 7 nitrogen and oxygen atoms in total. The first-order chi connectivity index (χ1) is 14.1. The lowest BCUT2D eigenvalue weighted by atomic mass is 10.1. The molecule has 1 aromatic carbocycles. The number of nitrogens with one attached hydrogen (secondary N) is 1. The highest BCUT2D eigenvalue weighted by molar-refractivity contribution is 7.15. The SMILES string of the molecule is CCCCc1nnc(NC(=O)Cc2cccc(OCCN(C)CCOCC)c2)s1. The lowest BCUT2D eigenvalue weighted by molar-refractivity contribution is -0.115. The van der Waals surface area contributed by atoms with Crippen molar-refractivity contribution in [3.63, 3.8) is 0 Å². The van der Waals surface area contributed by atoms with Gasteiger partial charge in [0.05, 0.1) is 13.0 Å². The van der Waals surface area contributed by atoms with Crippen LogP contribution in [0.4, 0.5) is 5.13 Å². The highest BCUT2D eigenvalue weighted by Crippen LogP contribution is 2.18. The number of nitrogens with zero attached hydrogens (tertiary/aromatic N) is 3. The summed E-state index contributed by atoms with van der Waals surface area (Å²) in [5.74, 6) is 0.669. The van der Waals surface area contributed by atoms with Gasteiger partial charge in [0.2, 0.25) is 11.0 Å². The Bertz CT molecular complexity index is 738. The van der Waals surface area contributed by atoms with Gasteiger partial charge in [-0.2, -0.15) is 0 Å². The standard InChI is InChI=1S/C21H32N4O3S/c1-4-6-10-20-23-24-21(29-20)22-19(26)16-17-8-7-9-18(15-17)28-14-12-25(3)11-13-27-5-2/h7-9,15H,4-6,10-14,16H2,1-3H3,(H,22,24,26). The van der Waals surface area contributed by atoms with Crippen LogP contribution in [0.3, 0.4) is 0 Å². The molecule has 0 aliphatic carbocycles. The van der Waals surface area contributed by atoms with Crippen molar-refractivity contribution in [2.24, 2.45) is 0 Å². The molecule has 2 aromatic rings. The van der Waals surface area contributed by atoms with Gasteiger partial charge in [-0.3, -0.25) is 4.79 Å². The highest BCUT2D eigenvalue weighted by atomic mass is 32.1. The van der Waals surface area contributed by atoms with E-state index < -0.39 is 0 Å². The first-order valence-corrected chi connectivity index (χ1v) is 11.0. The molecule has 0 atom stereocenters. The van der Waals surface area contributed by atoms with Gasteiger partial charge in [0, 0.05) is 26.1 Å². The van der Waals surface area contributed by atoms with E-state index in [0.29, 0.717) is 11.7 Å². The summed E-state index contributed by atoms with van der Waals surface area (Å²) >= 11 is 1.44. The monoisotopic (exact) mass is 420 g/mol. The van der Waals surface area contributed by atoms with Gasteiger partial charge < -0.3 is 19.7 Å². The topological polar surface area (TPSA) is 76.6 Å². The van der Waals surface area contributed by atoms with Gasteiger partial charge in [-0.1, -0.05) is 36.8 Å². The van der Waals surface area contributed by atoms with Crippen LogP contribution in [0.1, 0.15) is 37.3 Å². The number of rotatable bonds is 14. The maximum absolute atomic E-state index is 12.3. The Hall–Kier alpha value is -2.03. The quantitative estimate of drug-likeness (QED) is 0.472. The Balaban J connectivity index is 1.75. The van der Waals surface area contributed by atoms with E-state index in [-0.39, 0.29) is 12.3 Å². The van der Waals surface area contributed by atoms with Crippen molar-refractivity contribution in [3.05, 3.63) is 34.8 Å². The Morgan fingerprint density at radius 1 is 1.21 bits per heavy atom. The fraction of sp³-hybridized carbons (Fsp3) is 0.571. The van der Waals surface area contributed by atoms with Gasteiger partial charge >= 0.3 is 0 Å². The van der Waals surface area contributed by atoms with Gasteiger partial charge in [-0.05, 0) is 38.1 Å². The van der Waals surface area contributed by atoms with Crippen molar-refractivity contribution in [2.75, 3.05) is 45.3 Å². The number of hydrogen-bond acceptors (Lipinski definition) is 7. The smallest absolute Gasteiger partial charge is 0.230 e. The van der Waals surface area contributed by atoms with E-state index in [2.05, 4.69) is 27.3 Å². The second-order valence-electron chi connectivity index (χ2n) is 6.83. The minimum absolute atomic E-state index is 0.101. The van der Waals surface area contributed by atoms with Crippen LogP contribution >= 0.6 is 11.3 Å². The maximum atomic E-state index is 12.3. The van der Waals surface area contributed by atoms with Gasteiger partial charge in [0.25, 0.3) is 0 Å². The van der Waals surface area contributed by atoms with Crippen LogP contribution in [0.2, 0.25) is 0 Å². The van der Waals surface area contributed by atoms with Crippen molar-refractivity contribution in [1.82, 2.24) is 15.1 Å². The number of ether oxygens (including phenoxy) is 2. The zero-order chi connectivity index (χ0) is 20.9. The molecule has 0 spiro atoms. The predicted molar refractivity (Wildman–Crippen MR) is 117 cm³/mol. The summed E-state index contributed by atoms with van der Waals surface area (Å²) in [7, 11) is 2.05. The lowest BCUT2D eigenvalue weighted by Crippen LogP contribution is -2.27. The van der Waals surface area contributed by atoms with Crippen molar-refractivity contribution in [2.45, 2.75) is 39.5 Å². The van der Waals surface area contributed by atoms with Gasteiger partial charge in [-0.15, -0.1) is 10.2 Å². The second-order valence-corrected chi connectivity index (χ2v) is 7.89. The summed E-state index contributed by atoms with van der Waals surface area (Å²) in [5, 5.41) is 12.5. The van der Waals surface area contributed by atoms with Crippen LogP contribution in [0.25, 0.3) is 0 Å². The molecule has 0 saturated heterocycles. The third-order valence-corrected chi connectivity index (χ3v) is 5.18. The molecule has 0 aliphatic heterocycles. The van der Waals surface area contributed by atoms with E-state index in [4.69, 9.17) is 9.47 Å². The average Bonchev–Trinajstić information content (AvgIpc) is 3.14. The molecule has 1 N–H and O–H groups in total. The summed E-state index contributed by atoms with van der Waals surface area (Å²) in [6.07, 6.45) is 3.38. The number of carbonyl (C=O) groups excluding carboxylic acids is 1. The first-order valence-electron chi connectivity index (χ1n) is 10.2. The third kappa shape index (κ3) is 9.34. The number of anilines is 1. The molecule has 1 aromatic heterocycles. The molecular formula is C21H32N4O3S. The second kappa shape index (κ2) is 13.2. The van der Waals surface area contributed by atoms with E-state index in [0.717, 1.165) is 61.9 Å². The fourth-order valence-corrected chi connectivity index (χ4v) is 3.42. The molecule has 8 heteroatoms. The van der Waals surface area contributed by atoms with Crippen LogP contribution in [0.15, 0.2) is 24.3 Å². The van der Waals surface area contributed by atoms with Crippen LogP contribution in [-0.2, 0) is 22.4 Å². The molecule has 29 heavy (non-hydrogen) atoms. The third-order valence-electron chi connectivity index (χ3n) is 4.28. The maximum Gasteiger partial charge on any atom is 0.230 e.